The van der Waals surface area contributed by atoms with Crippen molar-refractivity contribution in [2.45, 2.75) is 33.2 Å². The monoisotopic (exact) mass is 247 g/mol. The van der Waals surface area contributed by atoms with E-state index in [0.717, 1.165) is 6.42 Å². The minimum Gasteiger partial charge on any atom is -0.372 e. The summed E-state index contributed by atoms with van der Waals surface area (Å²) in [4.78, 5) is 11.8. The number of rotatable bonds is 4. The van der Waals surface area contributed by atoms with Gasteiger partial charge in [-0.15, -0.1) is 0 Å². The minimum absolute atomic E-state index is 0.0249. The summed E-state index contributed by atoms with van der Waals surface area (Å²) in [5.41, 5.74) is 3.87. The lowest BCUT2D eigenvalue weighted by Crippen LogP contribution is -2.33. The molecule has 1 N–H and O–H groups in total. The van der Waals surface area contributed by atoms with Crippen molar-refractivity contribution in [3.8, 4) is 0 Å². The second-order valence-electron chi connectivity index (χ2n) is 5.07. The Balaban J connectivity index is 2.10. The molecule has 0 saturated carbocycles. The molecule has 3 nitrogen and oxygen atoms in total. The third-order valence-electron chi connectivity index (χ3n) is 3.50. The first kappa shape index (κ1) is 13.1. The molecule has 1 aromatic carbocycles. The zero-order valence-corrected chi connectivity index (χ0v) is 11.3. The van der Waals surface area contributed by atoms with Gasteiger partial charge in [0.1, 0.15) is 6.61 Å². The second kappa shape index (κ2) is 5.53. The standard InChI is InChI=1S/C15H21NO2/c1-4-18-9-14(17)16-15-11(3)8-12-6-5-10(2)7-13(12)15/h5-7,11,15H,4,8-9H2,1-3H3,(H,16,17)/t11-,15-/m1/s1. The highest BCUT2D eigenvalue weighted by Crippen LogP contribution is 2.36. The smallest absolute Gasteiger partial charge is 0.246 e. The van der Waals surface area contributed by atoms with Crippen LogP contribution in [0.4, 0.5) is 0 Å². The van der Waals surface area contributed by atoms with Gasteiger partial charge >= 0.3 is 0 Å². The fourth-order valence-corrected chi connectivity index (χ4v) is 2.59. The van der Waals surface area contributed by atoms with Crippen molar-refractivity contribution in [1.29, 1.82) is 0 Å². The molecule has 1 aliphatic carbocycles. The average Bonchev–Trinajstić information content (AvgIpc) is 2.63. The molecule has 0 aromatic heterocycles. The van der Waals surface area contributed by atoms with Crippen molar-refractivity contribution in [2.75, 3.05) is 13.2 Å². The number of carbonyl (C=O) groups is 1. The maximum absolute atomic E-state index is 11.8. The number of nitrogens with one attached hydrogen (secondary N) is 1. The van der Waals surface area contributed by atoms with Crippen LogP contribution in [-0.2, 0) is 16.0 Å². The zero-order chi connectivity index (χ0) is 13.1. The summed E-state index contributed by atoms with van der Waals surface area (Å²) in [6.07, 6.45) is 1.04. The molecule has 0 heterocycles. The van der Waals surface area contributed by atoms with Crippen molar-refractivity contribution in [3.05, 3.63) is 34.9 Å². The van der Waals surface area contributed by atoms with Gasteiger partial charge in [-0.25, -0.2) is 0 Å². The Morgan fingerprint density at radius 1 is 1.50 bits per heavy atom. The van der Waals surface area contributed by atoms with E-state index in [1.54, 1.807) is 0 Å². The van der Waals surface area contributed by atoms with E-state index in [4.69, 9.17) is 4.74 Å². The molecule has 0 spiro atoms. The first-order valence-electron chi connectivity index (χ1n) is 6.58. The first-order valence-corrected chi connectivity index (χ1v) is 6.58. The Bertz CT molecular complexity index is 442. The molecular formula is C15H21NO2. The molecule has 2 rings (SSSR count). The molecule has 1 aliphatic rings. The maximum atomic E-state index is 11.8. The van der Waals surface area contributed by atoms with E-state index in [9.17, 15) is 4.79 Å². The van der Waals surface area contributed by atoms with Crippen LogP contribution in [0.1, 0.15) is 36.6 Å². The Labute approximate surface area is 109 Å². The van der Waals surface area contributed by atoms with E-state index in [0.29, 0.717) is 12.5 Å². The normalized spacial score (nSPS) is 21.7. The predicted molar refractivity (Wildman–Crippen MR) is 71.4 cm³/mol. The molecule has 1 aromatic rings. The number of amides is 1. The summed E-state index contributed by atoms with van der Waals surface area (Å²) in [6.45, 7) is 6.89. The number of carbonyl (C=O) groups excluding carboxylic acids is 1. The topological polar surface area (TPSA) is 38.3 Å². The van der Waals surface area contributed by atoms with Gasteiger partial charge in [-0.3, -0.25) is 4.79 Å². The molecule has 0 radical (unpaired) electrons. The molecule has 3 heteroatoms. The molecule has 2 atom stereocenters. The van der Waals surface area contributed by atoms with E-state index in [-0.39, 0.29) is 18.6 Å². The zero-order valence-electron chi connectivity index (χ0n) is 11.3. The third kappa shape index (κ3) is 2.72. The van der Waals surface area contributed by atoms with E-state index >= 15 is 0 Å². The van der Waals surface area contributed by atoms with Crippen LogP contribution in [-0.4, -0.2) is 19.1 Å². The molecule has 0 fully saturated rings. The summed E-state index contributed by atoms with van der Waals surface area (Å²) in [6, 6.07) is 6.63. The number of ether oxygens (including phenoxy) is 1. The highest BCUT2D eigenvalue weighted by molar-refractivity contribution is 5.78. The molecule has 0 bridgehead atoms. The number of hydrogen-bond donors (Lipinski definition) is 1. The highest BCUT2D eigenvalue weighted by Gasteiger charge is 2.30. The quantitative estimate of drug-likeness (QED) is 0.887. The van der Waals surface area contributed by atoms with Crippen LogP contribution in [0.5, 0.6) is 0 Å². The molecule has 0 saturated heterocycles. The fraction of sp³-hybridized carbons (Fsp3) is 0.533. The molecule has 98 valence electrons. The SMILES string of the molecule is CCOCC(=O)N[C@H]1c2cc(C)ccc2C[C@H]1C. The van der Waals surface area contributed by atoms with Crippen LogP contribution in [0.2, 0.25) is 0 Å². The first-order chi connectivity index (χ1) is 8.61. The summed E-state index contributed by atoms with van der Waals surface area (Å²) in [5, 5.41) is 3.08. The van der Waals surface area contributed by atoms with Gasteiger partial charge in [-0.05, 0) is 37.3 Å². The van der Waals surface area contributed by atoms with Crippen LogP contribution in [0.3, 0.4) is 0 Å². The summed E-state index contributed by atoms with van der Waals surface area (Å²) in [5.74, 6) is 0.426. The van der Waals surface area contributed by atoms with Crippen molar-refractivity contribution >= 4 is 5.91 Å². The number of fused-ring (bicyclic) bond motifs is 1. The predicted octanol–water partition coefficient (Wildman–Crippen LogP) is 2.38. The maximum Gasteiger partial charge on any atom is 0.246 e. The molecule has 0 unspecified atom stereocenters. The number of aryl methyl sites for hydroxylation is 1. The van der Waals surface area contributed by atoms with Gasteiger partial charge in [-0.1, -0.05) is 30.7 Å². The summed E-state index contributed by atoms with van der Waals surface area (Å²) < 4.78 is 5.14. The van der Waals surface area contributed by atoms with Crippen LogP contribution in [0, 0.1) is 12.8 Å². The van der Waals surface area contributed by atoms with Crippen molar-refractivity contribution < 1.29 is 9.53 Å². The van der Waals surface area contributed by atoms with Gasteiger partial charge < -0.3 is 10.1 Å². The molecular weight excluding hydrogens is 226 g/mol. The van der Waals surface area contributed by atoms with E-state index in [1.807, 2.05) is 6.92 Å². The van der Waals surface area contributed by atoms with Crippen molar-refractivity contribution in [2.24, 2.45) is 5.92 Å². The van der Waals surface area contributed by atoms with Gasteiger partial charge in [-0.2, -0.15) is 0 Å². The Kier molecular flexibility index (Phi) is 4.02. The minimum atomic E-state index is -0.0249. The molecule has 0 aliphatic heterocycles. The summed E-state index contributed by atoms with van der Waals surface area (Å²) in [7, 11) is 0. The Morgan fingerprint density at radius 3 is 3.00 bits per heavy atom. The lowest BCUT2D eigenvalue weighted by Gasteiger charge is -2.19. The average molecular weight is 247 g/mol. The van der Waals surface area contributed by atoms with Crippen molar-refractivity contribution in [1.82, 2.24) is 5.32 Å². The van der Waals surface area contributed by atoms with Crippen LogP contribution < -0.4 is 5.32 Å². The fourth-order valence-electron chi connectivity index (χ4n) is 2.59. The van der Waals surface area contributed by atoms with Crippen LogP contribution >= 0.6 is 0 Å². The number of benzene rings is 1. The Hall–Kier alpha value is -1.35. The van der Waals surface area contributed by atoms with Gasteiger partial charge in [0.2, 0.25) is 5.91 Å². The second-order valence-corrected chi connectivity index (χ2v) is 5.07. The van der Waals surface area contributed by atoms with Crippen LogP contribution in [0.25, 0.3) is 0 Å². The van der Waals surface area contributed by atoms with Gasteiger partial charge in [0.15, 0.2) is 0 Å². The highest BCUT2D eigenvalue weighted by atomic mass is 16.5. The van der Waals surface area contributed by atoms with E-state index < -0.39 is 0 Å². The molecule has 18 heavy (non-hydrogen) atoms. The number of hydrogen-bond acceptors (Lipinski definition) is 2. The lowest BCUT2D eigenvalue weighted by atomic mass is 10.0. The van der Waals surface area contributed by atoms with E-state index in [1.165, 1.54) is 16.7 Å². The van der Waals surface area contributed by atoms with Gasteiger partial charge in [0.25, 0.3) is 0 Å². The Morgan fingerprint density at radius 2 is 2.28 bits per heavy atom. The summed E-state index contributed by atoms with van der Waals surface area (Å²) >= 11 is 0. The third-order valence-corrected chi connectivity index (χ3v) is 3.50. The largest absolute Gasteiger partial charge is 0.372 e. The van der Waals surface area contributed by atoms with Gasteiger partial charge in [0.05, 0.1) is 6.04 Å². The van der Waals surface area contributed by atoms with E-state index in [2.05, 4.69) is 37.4 Å². The lowest BCUT2D eigenvalue weighted by molar-refractivity contribution is -0.126. The van der Waals surface area contributed by atoms with Gasteiger partial charge in [0, 0.05) is 6.61 Å². The van der Waals surface area contributed by atoms with Crippen LogP contribution in [0.15, 0.2) is 18.2 Å². The molecule has 1 amide bonds. The van der Waals surface area contributed by atoms with Crippen molar-refractivity contribution in [3.63, 3.8) is 0 Å².